The molecule has 0 radical (unpaired) electrons. The van der Waals surface area contributed by atoms with Gasteiger partial charge in [-0.3, -0.25) is 0 Å². The summed E-state index contributed by atoms with van der Waals surface area (Å²) in [7, 11) is 0. The van der Waals surface area contributed by atoms with Crippen LogP contribution in [0.2, 0.25) is 19.6 Å². The van der Waals surface area contributed by atoms with Crippen LogP contribution in [-0.4, -0.2) is 21.8 Å². The van der Waals surface area contributed by atoms with E-state index >= 15 is 0 Å². The zero-order valence-electron chi connectivity index (χ0n) is 18.9. The fourth-order valence-corrected chi connectivity index (χ4v) is 44.7. The van der Waals surface area contributed by atoms with Gasteiger partial charge >= 0.3 is 160 Å². The number of allylic oxidation sites excluding steroid dienone is 4. The van der Waals surface area contributed by atoms with Crippen LogP contribution in [-0.2, 0) is 18.8 Å². The second kappa shape index (κ2) is 6.81. The van der Waals surface area contributed by atoms with Crippen LogP contribution in [0.5, 0.6) is 0 Å². The molecule has 3 N–H and O–H groups in total. The Labute approximate surface area is 159 Å². The first kappa shape index (κ1) is 23.5. The average molecular weight is 446 g/mol. The summed E-state index contributed by atoms with van der Waals surface area (Å²) in [6.45, 7) is 28.5. The van der Waals surface area contributed by atoms with Crippen LogP contribution in [0.1, 0.15) is 68.7 Å². The van der Waals surface area contributed by atoms with Gasteiger partial charge in [-0.1, -0.05) is 0 Å². The van der Waals surface area contributed by atoms with E-state index < -0.39 is 24.0 Å². The van der Waals surface area contributed by atoms with Crippen molar-refractivity contribution in [3.05, 3.63) is 21.5 Å². The Kier molecular flexibility index (Phi) is 6.40. The number of hydrogen-bond acceptors (Lipinski definition) is 3. The quantitative estimate of drug-likeness (QED) is 0.505. The van der Waals surface area contributed by atoms with Crippen molar-refractivity contribution in [1.29, 1.82) is 0 Å². The van der Waals surface area contributed by atoms with Gasteiger partial charge in [-0.05, 0) is 0 Å². The van der Waals surface area contributed by atoms with Gasteiger partial charge < -0.3 is 0 Å². The first-order chi connectivity index (χ1) is 10.8. The first-order valence-electron chi connectivity index (χ1n) is 9.72. The normalized spacial score (nSPS) is 18.9. The Balaban J connectivity index is 3.90. The van der Waals surface area contributed by atoms with Crippen LogP contribution in [0.4, 0.5) is 0 Å². The molecular formula is C20H44N3SiZr. The average Bonchev–Trinajstić information content (AvgIpc) is 2.72. The molecule has 5 heteroatoms. The molecule has 0 aromatic heterocycles. The standard InChI is InChI=1S/C5H5.3C4H10N.C3H9Si.Zr/c1-2-4-5-3-1;3*1-4(2,3)5;1-4(2)3;/h1-3H,4H2;3*5H,1-3H3;1-3H3;/q;3*-1;;+3. The summed E-state index contributed by atoms with van der Waals surface area (Å²) < 4.78 is 14.6. The van der Waals surface area contributed by atoms with Crippen molar-refractivity contribution in [1.82, 2.24) is 9.78 Å². The molecule has 0 atom stereocenters. The van der Waals surface area contributed by atoms with Crippen molar-refractivity contribution in [3.8, 4) is 0 Å². The molecule has 25 heavy (non-hydrogen) atoms. The Morgan fingerprint density at radius 3 is 1.32 bits per heavy atom. The molecule has 0 saturated carbocycles. The third-order valence-corrected chi connectivity index (χ3v) is 47.3. The molecule has 0 unspecified atom stereocenters. The van der Waals surface area contributed by atoms with Crippen LogP contribution in [0.15, 0.2) is 21.5 Å². The summed E-state index contributed by atoms with van der Waals surface area (Å²) in [5.74, 6) is 0. The first-order valence-corrected chi connectivity index (χ1v) is 21.8. The van der Waals surface area contributed by atoms with Gasteiger partial charge in [0.25, 0.3) is 0 Å². The van der Waals surface area contributed by atoms with Gasteiger partial charge in [-0.25, -0.2) is 0 Å². The van der Waals surface area contributed by atoms with Gasteiger partial charge in [0.05, 0.1) is 0 Å². The minimum atomic E-state index is -4.06. The third-order valence-electron chi connectivity index (χ3n) is 4.79. The molecule has 0 aromatic rings. The summed E-state index contributed by atoms with van der Waals surface area (Å²) in [6.07, 6.45) is 8.04. The Morgan fingerprint density at radius 1 is 0.760 bits per heavy atom. The molecule has 0 amide bonds. The summed E-state index contributed by atoms with van der Waals surface area (Å²) in [6, 6.07) is 0. The Hall–Kier alpha value is 0.460. The molecule has 0 heterocycles. The van der Waals surface area contributed by atoms with E-state index in [1.54, 1.807) is 3.28 Å². The molecule has 0 saturated heterocycles. The fraction of sp³-hybridized carbons (Fsp3) is 0.800. The monoisotopic (exact) mass is 444 g/mol. The molecular weight excluding hydrogens is 402 g/mol. The van der Waals surface area contributed by atoms with E-state index in [0.717, 1.165) is 6.42 Å². The number of rotatable bonds is 5. The zero-order chi connectivity index (χ0) is 20.0. The van der Waals surface area contributed by atoms with Crippen LogP contribution >= 0.6 is 0 Å². The van der Waals surface area contributed by atoms with Crippen LogP contribution in [0, 0.1) is 0 Å². The van der Waals surface area contributed by atoms with Gasteiger partial charge in [0.1, 0.15) is 0 Å². The number of nitrogens with one attached hydrogen (secondary N) is 3. The third kappa shape index (κ3) is 5.25. The van der Waals surface area contributed by atoms with Gasteiger partial charge in [0.15, 0.2) is 0 Å². The SMILES string of the molecule is CC(C)(C)[NH][Zr]([NH]C(C)(C)C)([NH]C(C)(C)C)([C]1=CC=CC1)[Si](C)(C)C. The predicted octanol–water partition coefficient (Wildman–Crippen LogP) is 5.26. The maximum atomic E-state index is 4.32. The molecule has 1 aliphatic rings. The fourth-order valence-electron chi connectivity index (χ4n) is 4.45. The summed E-state index contributed by atoms with van der Waals surface area (Å²) in [5.41, 5.74) is 0.0996. The molecule has 0 bridgehead atoms. The van der Waals surface area contributed by atoms with Gasteiger partial charge in [-0.2, -0.15) is 0 Å². The maximum absolute atomic E-state index is 4.32. The summed E-state index contributed by atoms with van der Waals surface area (Å²) in [4.78, 5) is 0. The second-order valence-corrected chi connectivity index (χ2v) is 43.0. The molecule has 0 spiro atoms. The Morgan fingerprint density at radius 2 is 1.12 bits per heavy atom. The molecule has 0 aliphatic heterocycles. The molecule has 0 fully saturated rings. The molecule has 0 aromatic carbocycles. The summed E-state index contributed by atoms with van der Waals surface area (Å²) in [5, 5.41) is -1.71. The van der Waals surface area contributed by atoms with E-state index in [4.69, 9.17) is 0 Å². The van der Waals surface area contributed by atoms with Crippen LogP contribution in [0.25, 0.3) is 0 Å². The zero-order valence-corrected chi connectivity index (χ0v) is 22.4. The minimum absolute atomic E-state index is 0.0332. The van der Waals surface area contributed by atoms with Gasteiger partial charge in [0.2, 0.25) is 0 Å². The van der Waals surface area contributed by atoms with Gasteiger partial charge in [-0.15, -0.1) is 0 Å². The van der Waals surface area contributed by atoms with Crippen molar-refractivity contribution in [3.63, 3.8) is 0 Å². The van der Waals surface area contributed by atoms with Crippen molar-refractivity contribution in [2.45, 2.75) is 105 Å². The number of hydrogen-bond donors (Lipinski definition) is 3. The van der Waals surface area contributed by atoms with Crippen LogP contribution < -0.4 is 9.78 Å². The second-order valence-electron chi connectivity index (χ2n) is 11.9. The van der Waals surface area contributed by atoms with Crippen LogP contribution in [0.3, 0.4) is 0 Å². The molecule has 147 valence electrons. The topological polar surface area (TPSA) is 36.1 Å². The van der Waals surface area contributed by atoms with Crippen molar-refractivity contribution in [2.24, 2.45) is 0 Å². The predicted molar refractivity (Wildman–Crippen MR) is 114 cm³/mol. The van der Waals surface area contributed by atoms with Crippen molar-refractivity contribution < 1.29 is 18.8 Å². The van der Waals surface area contributed by atoms with E-state index in [2.05, 4.69) is 110 Å². The van der Waals surface area contributed by atoms with Gasteiger partial charge in [0, 0.05) is 0 Å². The van der Waals surface area contributed by atoms with Crippen molar-refractivity contribution >= 4 is 5.20 Å². The molecule has 3 nitrogen and oxygen atoms in total. The van der Waals surface area contributed by atoms with E-state index in [-0.39, 0.29) is 16.6 Å². The molecule has 1 aliphatic carbocycles. The van der Waals surface area contributed by atoms with Crippen molar-refractivity contribution in [2.75, 3.05) is 0 Å². The van der Waals surface area contributed by atoms with E-state index in [9.17, 15) is 0 Å². The van der Waals surface area contributed by atoms with E-state index in [1.165, 1.54) is 0 Å². The Bertz CT molecular complexity index is 508. The van der Waals surface area contributed by atoms with E-state index in [1.807, 2.05) is 0 Å². The summed E-state index contributed by atoms with van der Waals surface area (Å²) >= 11 is -4.06. The molecule has 1 rings (SSSR count). The van der Waals surface area contributed by atoms with E-state index in [0.29, 0.717) is 0 Å².